The summed E-state index contributed by atoms with van der Waals surface area (Å²) in [6, 6.07) is 6.71. The van der Waals surface area contributed by atoms with Gasteiger partial charge in [-0.25, -0.2) is 4.79 Å². The Balaban J connectivity index is 2.83. The molecular formula is C14H18N2O5. The van der Waals surface area contributed by atoms with Gasteiger partial charge in [-0.05, 0) is 5.56 Å². The highest BCUT2D eigenvalue weighted by molar-refractivity contribution is 5.78. The molecule has 7 nitrogen and oxygen atoms in total. The number of benzene rings is 1. The Morgan fingerprint density at radius 2 is 2.00 bits per heavy atom. The molecule has 0 aliphatic carbocycles. The molecule has 0 aromatic heterocycles. The van der Waals surface area contributed by atoms with Gasteiger partial charge in [-0.3, -0.25) is 9.59 Å². The van der Waals surface area contributed by atoms with Crippen molar-refractivity contribution in [1.29, 1.82) is 0 Å². The number of amides is 1. The number of ether oxygens (including phenoxy) is 1. The van der Waals surface area contributed by atoms with E-state index in [0.717, 1.165) is 10.5 Å². The smallest absolute Gasteiger partial charge is 0.326 e. The van der Waals surface area contributed by atoms with E-state index in [1.165, 1.54) is 7.11 Å². The summed E-state index contributed by atoms with van der Waals surface area (Å²) in [4.78, 5) is 34.8. The number of esters is 1. The van der Waals surface area contributed by atoms with E-state index in [9.17, 15) is 19.5 Å². The number of carbonyl (C=O) groups is 3. The van der Waals surface area contributed by atoms with Crippen LogP contribution in [0.4, 0.5) is 0 Å². The zero-order valence-electron chi connectivity index (χ0n) is 11.6. The second-order valence-corrected chi connectivity index (χ2v) is 4.48. The third-order valence-corrected chi connectivity index (χ3v) is 3.00. The lowest BCUT2D eigenvalue weighted by molar-refractivity contribution is -0.149. The van der Waals surface area contributed by atoms with Crippen LogP contribution in [-0.2, 0) is 25.5 Å². The molecule has 0 aliphatic heterocycles. The van der Waals surface area contributed by atoms with Crippen molar-refractivity contribution in [3.63, 3.8) is 0 Å². The fraction of sp³-hybridized carbons (Fsp3) is 0.357. The zero-order chi connectivity index (χ0) is 15.8. The predicted octanol–water partition coefficient (Wildman–Crippen LogP) is -0.359. The van der Waals surface area contributed by atoms with Gasteiger partial charge in [0.05, 0.1) is 7.11 Å². The van der Waals surface area contributed by atoms with Gasteiger partial charge in [0.2, 0.25) is 6.41 Å². The van der Waals surface area contributed by atoms with Crippen molar-refractivity contribution < 1.29 is 24.2 Å². The van der Waals surface area contributed by atoms with Gasteiger partial charge in [-0.2, -0.15) is 0 Å². The molecule has 2 atom stereocenters. The molecule has 0 radical (unpaired) electrons. The van der Waals surface area contributed by atoms with Crippen molar-refractivity contribution >= 4 is 18.3 Å². The normalized spacial score (nSPS) is 13.0. The van der Waals surface area contributed by atoms with Crippen LogP contribution in [0.25, 0.3) is 0 Å². The molecule has 1 rings (SSSR count). The molecule has 0 saturated carbocycles. The Kier molecular flexibility index (Phi) is 6.35. The maximum atomic E-state index is 11.4. The van der Waals surface area contributed by atoms with E-state index in [1.807, 2.05) is 6.07 Å². The third-order valence-electron chi connectivity index (χ3n) is 3.00. The molecular weight excluding hydrogens is 276 g/mol. The first-order chi connectivity index (χ1) is 9.99. The quantitative estimate of drug-likeness (QED) is 0.500. The predicted molar refractivity (Wildman–Crippen MR) is 74.3 cm³/mol. The van der Waals surface area contributed by atoms with Gasteiger partial charge in [-0.1, -0.05) is 30.3 Å². The fourth-order valence-corrected chi connectivity index (χ4v) is 1.88. The molecule has 0 aliphatic rings. The minimum absolute atomic E-state index is 0.128. The molecule has 0 fully saturated rings. The first-order valence-electron chi connectivity index (χ1n) is 6.30. The van der Waals surface area contributed by atoms with Crippen LogP contribution in [0.1, 0.15) is 5.56 Å². The van der Waals surface area contributed by atoms with Crippen LogP contribution in [0, 0.1) is 0 Å². The Morgan fingerprint density at radius 3 is 2.48 bits per heavy atom. The summed E-state index contributed by atoms with van der Waals surface area (Å²) < 4.78 is 4.46. The van der Waals surface area contributed by atoms with E-state index < -0.39 is 24.0 Å². The Morgan fingerprint density at radius 1 is 1.38 bits per heavy atom. The molecule has 1 aromatic carbocycles. The van der Waals surface area contributed by atoms with Crippen LogP contribution in [0.15, 0.2) is 30.3 Å². The fourth-order valence-electron chi connectivity index (χ4n) is 1.88. The van der Waals surface area contributed by atoms with E-state index in [1.54, 1.807) is 24.3 Å². The molecule has 0 heterocycles. The van der Waals surface area contributed by atoms with E-state index in [4.69, 9.17) is 5.73 Å². The lowest BCUT2D eigenvalue weighted by Crippen LogP contribution is -2.50. The summed E-state index contributed by atoms with van der Waals surface area (Å²) >= 11 is 0. The van der Waals surface area contributed by atoms with Crippen LogP contribution < -0.4 is 5.73 Å². The molecule has 1 aromatic rings. The SMILES string of the molecule is COC(=O)C(N)CN(C=O)C(Cc1ccccc1)C(=O)O. The molecule has 7 heteroatoms. The summed E-state index contributed by atoms with van der Waals surface area (Å²) in [6.07, 6.45) is 0.507. The van der Waals surface area contributed by atoms with Crippen molar-refractivity contribution in [2.45, 2.75) is 18.5 Å². The lowest BCUT2D eigenvalue weighted by atomic mass is 10.0. The van der Waals surface area contributed by atoms with Crippen LogP contribution in [0.5, 0.6) is 0 Å². The number of methoxy groups -OCH3 is 1. The van der Waals surface area contributed by atoms with Crippen LogP contribution in [0.2, 0.25) is 0 Å². The van der Waals surface area contributed by atoms with Gasteiger partial charge in [0, 0.05) is 13.0 Å². The van der Waals surface area contributed by atoms with Crippen LogP contribution in [0.3, 0.4) is 0 Å². The van der Waals surface area contributed by atoms with E-state index in [-0.39, 0.29) is 13.0 Å². The van der Waals surface area contributed by atoms with Crippen molar-refractivity contribution in [2.75, 3.05) is 13.7 Å². The summed E-state index contributed by atoms with van der Waals surface area (Å²) in [5.74, 6) is -1.87. The van der Waals surface area contributed by atoms with Gasteiger partial charge in [0.1, 0.15) is 12.1 Å². The molecule has 21 heavy (non-hydrogen) atoms. The largest absolute Gasteiger partial charge is 0.480 e. The Hall–Kier alpha value is -2.41. The maximum Gasteiger partial charge on any atom is 0.326 e. The molecule has 1 amide bonds. The van der Waals surface area contributed by atoms with Crippen molar-refractivity contribution in [1.82, 2.24) is 4.90 Å². The van der Waals surface area contributed by atoms with Crippen LogP contribution in [-0.4, -0.2) is 54.1 Å². The van der Waals surface area contributed by atoms with E-state index in [2.05, 4.69) is 4.74 Å². The van der Waals surface area contributed by atoms with E-state index >= 15 is 0 Å². The minimum atomic E-state index is -1.16. The Bertz CT molecular complexity index is 491. The highest BCUT2D eigenvalue weighted by Gasteiger charge is 2.28. The topological polar surface area (TPSA) is 110 Å². The molecule has 0 spiro atoms. The van der Waals surface area contributed by atoms with Gasteiger partial charge in [0.25, 0.3) is 0 Å². The number of hydrogen-bond acceptors (Lipinski definition) is 5. The zero-order valence-corrected chi connectivity index (χ0v) is 11.6. The number of carbonyl (C=O) groups excluding carboxylic acids is 2. The number of rotatable bonds is 8. The standard InChI is InChI=1S/C14H18N2O5/c1-21-14(20)11(15)8-16(9-17)12(13(18)19)7-10-5-3-2-4-6-10/h2-6,9,11-12H,7-8,15H2,1H3,(H,18,19). The Labute approximate surface area is 122 Å². The van der Waals surface area contributed by atoms with Gasteiger partial charge in [-0.15, -0.1) is 0 Å². The monoisotopic (exact) mass is 294 g/mol. The van der Waals surface area contributed by atoms with Gasteiger partial charge >= 0.3 is 11.9 Å². The number of carboxylic acids is 1. The summed E-state index contributed by atoms with van der Waals surface area (Å²) in [5.41, 5.74) is 6.33. The average molecular weight is 294 g/mol. The van der Waals surface area contributed by atoms with Gasteiger partial charge in [0.15, 0.2) is 0 Å². The highest BCUT2D eigenvalue weighted by Crippen LogP contribution is 2.09. The summed E-state index contributed by atoms with van der Waals surface area (Å²) in [6.45, 7) is -0.222. The maximum absolute atomic E-state index is 11.4. The molecule has 0 bridgehead atoms. The van der Waals surface area contributed by atoms with E-state index in [0.29, 0.717) is 6.41 Å². The summed E-state index contributed by atoms with van der Waals surface area (Å²) in [7, 11) is 1.17. The minimum Gasteiger partial charge on any atom is -0.480 e. The molecule has 3 N–H and O–H groups in total. The molecule has 0 saturated heterocycles. The number of nitrogens with zero attached hydrogens (tertiary/aromatic N) is 1. The highest BCUT2D eigenvalue weighted by atomic mass is 16.5. The third kappa shape index (κ3) is 4.88. The summed E-state index contributed by atoms with van der Waals surface area (Å²) in [5, 5.41) is 9.29. The first kappa shape index (κ1) is 16.6. The first-order valence-corrected chi connectivity index (χ1v) is 6.30. The van der Waals surface area contributed by atoms with Crippen molar-refractivity contribution in [2.24, 2.45) is 5.73 Å². The number of nitrogens with two attached hydrogens (primary N) is 1. The average Bonchev–Trinajstić information content (AvgIpc) is 2.50. The lowest BCUT2D eigenvalue weighted by Gasteiger charge is -2.26. The number of carboxylic acid groups (broad SMARTS) is 1. The molecule has 114 valence electrons. The van der Waals surface area contributed by atoms with Crippen molar-refractivity contribution in [3.8, 4) is 0 Å². The number of aliphatic carboxylic acids is 1. The van der Waals surface area contributed by atoms with Crippen molar-refractivity contribution in [3.05, 3.63) is 35.9 Å². The van der Waals surface area contributed by atoms with Crippen LogP contribution >= 0.6 is 0 Å². The second-order valence-electron chi connectivity index (χ2n) is 4.48. The molecule has 2 unspecified atom stereocenters. The van der Waals surface area contributed by atoms with Gasteiger partial charge < -0.3 is 20.5 Å². The second kappa shape index (κ2) is 8.01. The number of hydrogen-bond donors (Lipinski definition) is 2.